The highest BCUT2D eigenvalue weighted by Crippen LogP contribution is 2.36. The van der Waals surface area contributed by atoms with Crippen LogP contribution >= 0.6 is 11.6 Å². The number of amides is 1. The fraction of sp³-hybridized carbons (Fsp3) is 0.238. The maximum absolute atomic E-state index is 12.3. The lowest BCUT2D eigenvalue weighted by Gasteiger charge is -2.12. The number of halogens is 1. The van der Waals surface area contributed by atoms with Gasteiger partial charge in [0.25, 0.3) is 0 Å². The molecule has 0 fully saturated rings. The average Bonchev–Trinajstić information content (AvgIpc) is 2.68. The summed E-state index contributed by atoms with van der Waals surface area (Å²) >= 11 is 6.22. The van der Waals surface area contributed by atoms with Crippen molar-refractivity contribution < 1.29 is 19.0 Å². The largest absolute Gasteiger partial charge is 0.492 e. The smallest absolute Gasteiger partial charge is 0.248 e. The van der Waals surface area contributed by atoms with Crippen molar-refractivity contribution in [1.82, 2.24) is 0 Å². The van der Waals surface area contributed by atoms with Crippen LogP contribution in [0.5, 0.6) is 17.2 Å². The van der Waals surface area contributed by atoms with Crippen molar-refractivity contribution in [2.24, 2.45) is 0 Å². The summed E-state index contributed by atoms with van der Waals surface area (Å²) in [6.45, 7) is 4.59. The molecule has 0 saturated carbocycles. The summed E-state index contributed by atoms with van der Waals surface area (Å²) in [6.07, 6.45) is 2.97. The Kier molecular flexibility index (Phi) is 7.73. The monoisotopic (exact) mass is 400 g/mol. The van der Waals surface area contributed by atoms with Crippen LogP contribution in [0.3, 0.4) is 0 Å². The zero-order valence-electron chi connectivity index (χ0n) is 15.9. The van der Waals surface area contributed by atoms with E-state index in [1.165, 1.54) is 13.2 Å². The molecule has 0 aliphatic rings. The van der Waals surface area contributed by atoms with Crippen LogP contribution in [-0.2, 0) is 4.79 Å². The van der Waals surface area contributed by atoms with Crippen molar-refractivity contribution in [3.8, 4) is 23.3 Å². The molecule has 0 bridgehead atoms. The number of ether oxygens (including phenoxy) is 3. The van der Waals surface area contributed by atoms with E-state index < -0.39 is 0 Å². The Balaban J connectivity index is 2.22. The van der Waals surface area contributed by atoms with E-state index in [2.05, 4.69) is 5.32 Å². The third-order valence-corrected chi connectivity index (χ3v) is 3.91. The standard InChI is InChI=1S/C21H21ClN2O4/c1-4-27-18-8-6-15(13-23)11-17(18)24-20(25)9-7-14-10-16(22)21(26-3)19(12-14)28-5-2/h6-12H,4-5H2,1-3H3,(H,24,25)/b9-7+. The van der Waals surface area contributed by atoms with Crippen LogP contribution in [0.4, 0.5) is 5.69 Å². The molecular formula is C21H21ClN2O4. The van der Waals surface area contributed by atoms with Crippen molar-refractivity contribution in [2.75, 3.05) is 25.6 Å². The third kappa shape index (κ3) is 5.41. The maximum atomic E-state index is 12.3. The lowest BCUT2D eigenvalue weighted by atomic mass is 10.1. The van der Waals surface area contributed by atoms with E-state index in [1.807, 2.05) is 19.9 Å². The molecule has 0 aromatic heterocycles. The summed E-state index contributed by atoms with van der Waals surface area (Å²) in [4.78, 5) is 12.3. The topological polar surface area (TPSA) is 80.6 Å². The van der Waals surface area contributed by atoms with Crippen LogP contribution in [0.25, 0.3) is 6.08 Å². The van der Waals surface area contributed by atoms with E-state index in [0.29, 0.717) is 52.3 Å². The van der Waals surface area contributed by atoms with Crippen molar-refractivity contribution in [2.45, 2.75) is 13.8 Å². The Labute approximate surface area is 169 Å². The van der Waals surface area contributed by atoms with E-state index >= 15 is 0 Å². The summed E-state index contributed by atoms with van der Waals surface area (Å²) in [5.74, 6) is 1.06. The van der Waals surface area contributed by atoms with Crippen LogP contribution in [0.1, 0.15) is 25.0 Å². The van der Waals surface area contributed by atoms with Crippen molar-refractivity contribution in [3.05, 3.63) is 52.6 Å². The second kappa shape index (κ2) is 10.2. The third-order valence-electron chi connectivity index (χ3n) is 3.63. The number of carbonyl (C=O) groups excluding carboxylic acids is 1. The Morgan fingerprint density at radius 2 is 1.89 bits per heavy atom. The molecule has 28 heavy (non-hydrogen) atoms. The molecule has 0 aliphatic heterocycles. The first-order valence-corrected chi connectivity index (χ1v) is 9.06. The number of anilines is 1. The van der Waals surface area contributed by atoms with Gasteiger partial charge in [-0.25, -0.2) is 0 Å². The molecule has 1 amide bonds. The molecule has 2 rings (SSSR count). The van der Waals surface area contributed by atoms with Gasteiger partial charge >= 0.3 is 0 Å². The molecule has 7 heteroatoms. The molecule has 0 radical (unpaired) electrons. The maximum Gasteiger partial charge on any atom is 0.248 e. The first kappa shape index (κ1) is 21.1. The molecule has 2 aromatic rings. The highest BCUT2D eigenvalue weighted by molar-refractivity contribution is 6.32. The number of hydrogen-bond donors (Lipinski definition) is 1. The SMILES string of the molecule is CCOc1ccc(C#N)cc1NC(=O)/C=C/c1cc(Cl)c(OC)c(OCC)c1. The van der Waals surface area contributed by atoms with Gasteiger partial charge in [-0.2, -0.15) is 5.26 Å². The molecule has 0 unspecified atom stereocenters. The predicted octanol–water partition coefficient (Wildman–Crippen LogP) is 4.67. The molecule has 0 atom stereocenters. The van der Waals surface area contributed by atoms with Crippen molar-refractivity contribution in [1.29, 1.82) is 5.26 Å². The van der Waals surface area contributed by atoms with Gasteiger partial charge in [-0.15, -0.1) is 0 Å². The Hall–Kier alpha value is -3.17. The lowest BCUT2D eigenvalue weighted by Crippen LogP contribution is -2.09. The molecule has 0 heterocycles. The predicted molar refractivity (Wildman–Crippen MR) is 109 cm³/mol. The van der Waals surface area contributed by atoms with Gasteiger partial charge in [0.2, 0.25) is 5.91 Å². The lowest BCUT2D eigenvalue weighted by molar-refractivity contribution is -0.111. The van der Waals surface area contributed by atoms with E-state index in [1.54, 1.807) is 36.4 Å². The van der Waals surface area contributed by atoms with Gasteiger partial charge in [0, 0.05) is 6.08 Å². The van der Waals surface area contributed by atoms with Crippen molar-refractivity contribution in [3.63, 3.8) is 0 Å². The second-order valence-electron chi connectivity index (χ2n) is 5.55. The quantitative estimate of drug-likeness (QED) is 0.651. The van der Waals surface area contributed by atoms with E-state index in [4.69, 9.17) is 31.1 Å². The number of methoxy groups -OCH3 is 1. The fourth-order valence-electron chi connectivity index (χ4n) is 2.47. The number of carbonyl (C=O) groups is 1. The zero-order chi connectivity index (χ0) is 20.5. The minimum absolute atomic E-state index is 0.374. The van der Waals surface area contributed by atoms with Gasteiger partial charge in [0.1, 0.15) is 5.75 Å². The Morgan fingerprint density at radius 1 is 1.18 bits per heavy atom. The minimum atomic E-state index is -0.374. The van der Waals surface area contributed by atoms with Gasteiger partial charge in [-0.3, -0.25) is 4.79 Å². The Bertz CT molecular complexity index is 919. The van der Waals surface area contributed by atoms with Crippen molar-refractivity contribution >= 4 is 29.3 Å². The van der Waals surface area contributed by atoms with E-state index in [9.17, 15) is 4.79 Å². The van der Waals surface area contributed by atoms with Gasteiger partial charge in [0.05, 0.1) is 42.7 Å². The van der Waals surface area contributed by atoms with E-state index in [-0.39, 0.29) is 5.91 Å². The van der Waals surface area contributed by atoms with Gasteiger partial charge in [-0.05, 0) is 55.8 Å². The summed E-state index contributed by atoms with van der Waals surface area (Å²) < 4.78 is 16.3. The first-order valence-electron chi connectivity index (χ1n) is 8.68. The van der Waals surface area contributed by atoms with Crippen LogP contribution in [0.2, 0.25) is 5.02 Å². The number of nitrogens with zero attached hydrogens (tertiary/aromatic N) is 1. The number of nitrogens with one attached hydrogen (secondary N) is 1. The van der Waals surface area contributed by atoms with Gasteiger partial charge in [-0.1, -0.05) is 11.6 Å². The molecule has 1 N–H and O–H groups in total. The molecule has 6 nitrogen and oxygen atoms in total. The molecule has 146 valence electrons. The number of nitriles is 1. The second-order valence-corrected chi connectivity index (χ2v) is 5.95. The molecular weight excluding hydrogens is 380 g/mol. The first-order chi connectivity index (χ1) is 13.5. The summed E-state index contributed by atoms with van der Waals surface area (Å²) in [5.41, 5.74) is 1.53. The highest BCUT2D eigenvalue weighted by Gasteiger charge is 2.11. The summed E-state index contributed by atoms with van der Waals surface area (Å²) in [7, 11) is 1.51. The zero-order valence-corrected chi connectivity index (χ0v) is 16.7. The molecule has 0 spiro atoms. The minimum Gasteiger partial charge on any atom is -0.492 e. The molecule has 0 saturated heterocycles. The Morgan fingerprint density at radius 3 is 2.54 bits per heavy atom. The van der Waals surface area contributed by atoms with Crippen LogP contribution in [0, 0.1) is 11.3 Å². The van der Waals surface area contributed by atoms with Crippen LogP contribution in [-0.4, -0.2) is 26.2 Å². The highest BCUT2D eigenvalue weighted by atomic mass is 35.5. The van der Waals surface area contributed by atoms with Crippen LogP contribution in [0.15, 0.2) is 36.4 Å². The number of benzene rings is 2. The molecule has 2 aromatic carbocycles. The van der Waals surface area contributed by atoms with Crippen LogP contribution < -0.4 is 19.5 Å². The summed E-state index contributed by atoms with van der Waals surface area (Å²) in [5, 5.41) is 12.2. The van der Waals surface area contributed by atoms with Gasteiger partial charge in [0.15, 0.2) is 11.5 Å². The summed E-state index contributed by atoms with van der Waals surface area (Å²) in [6, 6.07) is 10.3. The fourth-order valence-corrected chi connectivity index (χ4v) is 2.77. The van der Waals surface area contributed by atoms with E-state index in [0.717, 1.165) is 0 Å². The van der Waals surface area contributed by atoms with Gasteiger partial charge < -0.3 is 19.5 Å². The average molecular weight is 401 g/mol. The normalized spacial score (nSPS) is 10.4. The number of hydrogen-bond acceptors (Lipinski definition) is 5. The number of rotatable bonds is 8. The molecule has 0 aliphatic carbocycles.